The summed E-state index contributed by atoms with van der Waals surface area (Å²) in [5.41, 5.74) is 4.86. The zero-order valence-corrected chi connectivity index (χ0v) is 21.0. The van der Waals surface area contributed by atoms with E-state index in [-0.39, 0.29) is 0 Å². The van der Waals surface area contributed by atoms with Crippen molar-refractivity contribution in [2.45, 2.75) is 6.92 Å². The van der Waals surface area contributed by atoms with Gasteiger partial charge in [-0.25, -0.2) is 10.2 Å². The SMILES string of the molecule is Cc1onc(-c2ccccc2)c1C(=O)N/N=C/c1cc(Br)ccc1OC(=O)c1ccc(Br)cc1. The Morgan fingerprint density at radius 1 is 1.00 bits per heavy atom. The Bertz CT molecular complexity index is 1370. The van der Waals surface area contributed by atoms with E-state index in [0.717, 1.165) is 14.5 Å². The Morgan fingerprint density at radius 3 is 2.44 bits per heavy atom. The lowest BCUT2D eigenvalue weighted by molar-refractivity contribution is 0.0734. The predicted molar refractivity (Wildman–Crippen MR) is 135 cm³/mol. The largest absolute Gasteiger partial charge is 0.422 e. The first-order valence-corrected chi connectivity index (χ1v) is 11.6. The number of ether oxygens (including phenoxy) is 1. The molecule has 4 aromatic rings. The van der Waals surface area contributed by atoms with E-state index in [1.165, 1.54) is 6.21 Å². The quantitative estimate of drug-likeness (QED) is 0.127. The molecule has 1 N–H and O–H groups in total. The van der Waals surface area contributed by atoms with Crippen LogP contribution in [0.5, 0.6) is 5.75 Å². The minimum absolute atomic E-state index is 0.291. The van der Waals surface area contributed by atoms with Crippen molar-refractivity contribution in [2.75, 3.05) is 0 Å². The summed E-state index contributed by atoms with van der Waals surface area (Å²) in [6.45, 7) is 1.66. The molecule has 0 spiro atoms. The summed E-state index contributed by atoms with van der Waals surface area (Å²) in [4.78, 5) is 25.4. The smallest absolute Gasteiger partial charge is 0.343 e. The molecule has 0 atom stereocenters. The monoisotopic (exact) mass is 581 g/mol. The van der Waals surface area contributed by atoms with Gasteiger partial charge < -0.3 is 9.26 Å². The van der Waals surface area contributed by atoms with Crippen LogP contribution in [-0.4, -0.2) is 23.2 Å². The highest BCUT2D eigenvalue weighted by Gasteiger charge is 2.21. The molecule has 0 aliphatic carbocycles. The second-order valence-corrected chi connectivity index (χ2v) is 8.94. The number of nitrogens with one attached hydrogen (secondary N) is 1. The molecule has 0 radical (unpaired) electrons. The standard InChI is InChI=1S/C25H17Br2N3O4/c1-15-22(23(30-34-15)16-5-3-2-4-6-16)24(31)29-28-14-18-13-20(27)11-12-21(18)33-25(32)17-7-9-19(26)10-8-17/h2-14H,1H3,(H,29,31)/b28-14+. The normalized spacial score (nSPS) is 10.9. The van der Waals surface area contributed by atoms with Gasteiger partial charge in [0, 0.05) is 20.1 Å². The van der Waals surface area contributed by atoms with E-state index >= 15 is 0 Å². The van der Waals surface area contributed by atoms with Gasteiger partial charge in [-0.1, -0.05) is 67.3 Å². The number of rotatable bonds is 6. The van der Waals surface area contributed by atoms with Crippen molar-refractivity contribution in [1.29, 1.82) is 0 Å². The predicted octanol–water partition coefficient (Wildman–Crippen LogP) is 6.16. The Morgan fingerprint density at radius 2 is 1.71 bits per heavy atom. The van der Waals surface area contributed by atoms with Crippen molar-refractivity contribution >= 4 is 50.0 Å². The summed E-state index contributed by atoms with van der Waals surface area (Å²) < 4.78 is 12.4. The molecule has 34 heavy (non-hydrogen) atoms. The average Bonchev–Trinajstić information content (AvgIpc) is 3.23. The maximum Gasteiger partial charge on any atom is 0.343 e. The number of carbonyl (C=O) groups excluding carboxylic acids is 2. The van der Waals surface area contributed by atoms with Crippen LogP contribution >= 0.6 is 31.9 Å². The van der Waals surface area contributed by atoms with Crippen LogP contribution in [0, 0.1) is 6.92 Å². The van der Waals surface area contributed by atoms with Crippen molar-refractivity contribution in [2.24, 2.45) is 5.10 Å². The topological polar surface area (TPSA) is 93.8 Å². The third-order valence-corrected chi connectivity index (χ3v) is 5.78. The lowest BCUT2D eigenvalue weighted by atomic mass is 10.1. The van der Waals surface area contributed by atoms with Gasteiger partial charge in [-0.05, 0) is 49.4 Å². The van der Waals surface area contributed by atoms with Crippen molar-refractivity contribution in [3.8, 4) is 17.0 Å². The van der Waals surface area contributed by atoms with Crippen molar-refractivity contribution in [3.63, 3.8) is 0 Å². The lowest BCUT2D eigenvalue weighted by Crippen LogP contribution is -2.19. The highest BCUT2D eigenvalue weighted by molar-refractivity contribution is 9.10. The van der Waals surface area contributed by atoms with E-state index < -0.39 is 11.9 Å². The van der Waals surface area contributed by atoms with E-state index in [1.807, 2.05) is 30.3 Å². The van der Waals surface area contributed by atoms with Crippen LogP contribution in [0.2, 0.25) is 0 Å². The summed E-state index contributed by atoms with van der Waals surface area (Å²) in [6.07, 6.45) is 1.40. The van der Waals surface area contributed by atoms with Gasteiger partial charge in [0.05, 0.1) is 11.8 Å². The minimum Gasteiger partial charge on any atom is -0.422 e. The minimum atomic E-state index is -0.513. The molecule has 170 valence electrons. The van der Waals surface area contributed by atoms with Gasteiger partial charge >= 0.3 is 5.97 Å². The fraction of sp³-hybridized carbons (Fsp3) is 0.0400. The number of carbonyl (C=O) groups is 2. The average molecular weight is 583 g/mol. The third-order valence-electron chi connectivity index (χ3n) is 4.76. The Balaban J connectivity index is 1.52. The highest BCUT2D eigenvalue weighted by atomic mass is 79.9. The van der Waals surface area contributed by atoms with Gasteiger partial charge in [-0.15, -0.1) is 0 Å². The Hall–Kier alpha value is -3.56. The van der Waals surface area contributed by atoms with Gasteiger partial charge in [-0.2, -0.15) is 5.10 Å². The van der Waals surface area contributed by atoms with Crippen LogP contribution in [0.25, 0.3) is 11.3 Å². The molecule has 4 rings (SSSR count). The molecule has 0 bridgehead atoms. The van der Waals surface area contributed by atoms with E-state index in [2.05, 4.69) is 47.5 Å². The maximum atomic E-state index is 12.8. The van der Waals surface area contributed by atoms with E-state index in [9.17, 15) is 9.59 Å². The first-order valence-electron chi connectivity index (χ1n) is 10.0. The van der Waals surface area contributed by atoms with Crippen LogP contribution in [0.15, 0.2) is 91.4 Å². The number of amides is 1. The number of hydrogen-bond acceptors (Lipinski definition) is 6. The number of hydrogen-bond donors (Lipinski definition) is 1. The molecule has 9 heteroatoms. The van der Waals surface area contributed by atoms with E-state index in [4.69, 9.17) is 9.26 Å². The lowest BCUT2D eigenvalue weighted by Gasteiger charge is -2.08. The number of nitrogens with zero attached hydrogens (tertiary/aromatic N) is 2. The summed E-state index contributed by atoms with van der Waals surface area (Å²) in [7, 11) is 0. The molecule has 0 saturated heterocycles. The first-order chi connectivity index (χ1) is 16.4. The molecule has 1 heterocycles. The summed E-state index contributed by atoms with van der Waals surface area (Å²) in [5.74, 6) is -0.322. The molecule has 1 amide bonds. The highest BCUT2D eigenvalue weighted by Crippen LogP contribution is 2.25. The van der Waals surface area contributed by atoms with Gasteiger partial charge in [0.1, 0.15) is 22.8 Å². The number of aromatic nitrogens is 1. The molecule has 0 aliphatic rings. The molecule has 7 nitrogen and oxygen atoms in total. The van der Waals surface area contributed by atoms with Gasteiger partial charge in [0.15, 0.2) is 0 Å². The van der Waals surface area contributed by atoms with Crippen molar-refractivity contribution in [3.05, 3.63) is 104 Å². The van der Waals surface area contributed by atoms with E-state index in [0.29, 0.717) is 33.9 Å². The molecule has 1 aromatic heterocycles. The van der Waals surface area contributed by atoms with Gasteiger partial charge in [0.25, 0.3) is 5.91 Å². The number of aryl methyl sites for hydroxylation is 1. The van der Waals surface area contributed by atoms with Gasteiger partial charge in [-0.3, -0.25) is 4.79 Å². The summed E-state index contributed by atoms with van der Waals surface area (Å²) in [6, 6.07) is 21.2. The van der Waals surface area contributed by atoms with Crippen LogP contribution in [0.1, 0.15) is 32.0 Å². The Kier molecular flexibility index (Phi) is 7.34. The first kappa shape index (κ1) is 23.6. The third kappa shape index (κ3) is 5.49. The molecule has 0 fully saturated rings. The fourth-order valence-corrected chi connectivity index (χ4v) is 3.75. The zero-order valence-electron chi connectivity index (χ0n) is 17.8. The fourth-order valence-electron chi connectivity index (χ4n) is 3.11. The Labute approximate surface area is 212 Å². The molecule has 3 aromatic carbocycles. The molecular weight excluding hydrogens is 566 g/mol. The number of halogens is 2. The summed E-state index contributed by atoms with van der Waals surface area (Å²) >= 11 is 6.74. The number of esters is 1. The summed E-state index contributed by atoms with van der Waals surface area (Å²) in [5, 5.41) is 8.07. The van der Waals surface area contributed by atoms with Crippen LogP contribution in [0.3, 0.4) is 0 Å². The van der Waals surface area contributed by atoms with Crippen LogP contribution < -0.4 is 10.2 Å². The molecule has 0 unspecified atom stereocenters. The van der Waals surface area contributed by atoms with Gasteiger partial charge in [0.2, 0.25) is 0 Å². The zero-order chi connectivity index (χ0) is 24.1. The molecule has 0 aliphatic heterocycles. The number of hydrazone groups is 1. The molecule has 0 saturated carbocycles. The second-order valence-electron chi connectivity index (χ2n) is 7.11. The van der Waals surface area contributed by atoms with Crippen molar-refractivity contribution in [1.82, 2.24) is 10.6 Å². The van der Waals surface area contributed by atoms with Crippen LogP contribution in [0.4, 0.5) is 0 Å². The molecular formula is C25H17Br2N3O4. The van der Waals surface area contributed by atoms with E-state index in [1.54, 1.807) is 49.4 Å². The number of benzene rings is 3. The second kappa shape index (κ2) is 10.6. The maximum absolute atomic E-state index is 12.8. The van der Waals surface area contributed by atoms with Crippen LogP contribution in [-0.2, 0) is 0 Å². The van der Waals surface area contributed by atoms with Crippen molar-refractivity contribution < 1.29 is 18.8 Å².